The first kappa shape index (κ1) is 15.2. The minimum absolute atomic E-state index is 0.0344. The largest absolute Gasteiger partial charge is 0.326 e. The van der Waals surface area contributed by atoms with Crippen LogP contribution in [0.4, 0.5) is 4.39 Å². The third kappa shape index (κ3) is 3.26. The van der Waals surface area contributed by atoms with Crippen molar-refractivity contribution in [3.05, 3.63) is 58.0 Å². The monoisotopic (exact) mass is 292 g/mol. The molecule has 0 radical (unpaired) electrons. The molecule has 0 spiro atoms. The van der Waals surface area contributed by atoms with Crippen LogP contribution in [-0.2, 0) is 0 Å². The number of nitrogens with two attached hydrogens (primary N) is 1. The van der Waals surface area contributed by atoms with Crippen molar-refractivity contribution >= 4 is 11.3 Å². The van der Waals surface area contributed by atoms with Gasteiger partial charge in [0.2, 0.25) is 0 Å². The summed E-state index contributed by atoms with van der Waals surface area (Å²) in [5.74, 6) is -0.217. The first-order chi connectivity index (χ1) is 9.50. The molecular weight excluding hydrogens is 271 g/mol. The lowest BCUT2D eigenvalue weighted by atomic mass is 9.98. The maximum atomic E-state index is 13.1. The fraction of sp³-hybridized carbons (Fsp3) is 0.375. The van der Waals surface area contributed by atoms with E-state index in [-0.39, 0.29) is 23.9 Å². The van der Waals surface area contributed by atoms with Crippen LogP contribution in [0.15, 0.2) is 41.8 Å². The van der Waals surface area contributed by atoms with Gasteiger partial charge in [0.25, 0.3) is 0 Å². The van der Waals surface area contributed by atoms with Crippen molar-refractivity contribution in [1.82, 2.24) is 4.90 Å². The second-order valence-electron chi connectivity index (χ2n) is 5.21. The van der Waals surface area contributed by atoms with Crippen LogP contribution in [0.25, 0.3) is 0 Å². The van der Waals surface area contributed by atoms with E-state index in [1.165, 1.54) is 17.0 Å². The molecule has 3 atom stereocenters. The molecule has 0 saturated heterocycles. The number of thiophene rings is 1. The molecule has 0 amide bonds. The van der Waals surface area contributed by atoms with E-state index in [4.69, 9.17) is 5.73 Å². The van der Waals surface area contributed by atoms with Crippen molar-refractivity contribution in [3.63, 3.8) is 0 Å². The van der Waals surface area contributed by atoms with Crippen LogP contribution in [0.1, 0.15) is 36.4 Å². The van der Waals surface area contributed by atoms with Gasteiger partial charge in [0.05, 0.1) is 0 Å². The molecule has 108 valence electrons. The second-order valence-corrected chi connectivity index (χ2v) is 6.19. The molecule has 0 bridgehead atoms. The minimum atomic E-state index is -0.217. The minimum Gasteiger partial charge on any atom is -0.326 e. The van der Waals surface area contributed by atoms with Crippen LogP contribution in [0.5, 0.6) is 0 Å². The SMILES string of the molecule is CC(N)C(c1ccc(F)cc1)N(C)C(C)c1cccs1. The van der Waals surface area contributed by atoms with Crippen molar-refractivity contribution in [2.75, 3.05) is 7.05 Å². The second kappa shape index (κ2) is 6.48. The summed E-state index contributed by atoms with van der Waals surface area (Å²) in [6.45, 7) is 4.16. The average molecular weight is 292 g/mol. The molecule has 1 heterocycles. The third-order valence-corrected chi connectivity index (χ3v) is 4.76. The summed E-state index contributed by atoms with van der Waals surface area (Å²) in [6, 6.07) is 11.1. The molecule has 0 aliphatic rings. The Kier molecular flexibility index (Phi) is 4.91. The zero-order valence-electron chi connectivity index (χ0n) is 12.1. The number of nitrogens with zero attached hydrogens (tertiary/aromatic N) is 1. The van der Waals surface area contributed by atoms with Gasteiger partial charge in [-0.3, -0.25) is 4.90 Å². The van der Waals surface area contributed by atoms with E-state index in [0.29, 0.717) is 0 Å². The summed E-state index contributed by atoms with van der Waals surface area (Å²) in [7, 11) is 2.07. The topological polar surface area (TPSA) is 29.3 Å². The Morgan fingerprint density at radius 1 is 1.15 bits per heavy atom. The quantitative estimate of drug-likeness (QED) is 0.903. The first-order valence-corrected chi connectivity index (χ1v) is 7.65. The van der Waals surface area contributed by atoms with Gasteiger partial charge >= 0.3 is 0 Å². The molecule has 0 aliphatic carbocycles. The van der Waals surface area contributed by atoms with E-state index >= 15 is 0 Å². The lowest BCUT2D eigenvalue weighted by Crippen LogP contribution is -2.38. The van der Waals surface area contributed by atoms with Crippen LogP contribution in [-0.4, -0.2) is 18.0 Å². The van der Waals surface area contributed by atoms with E-state index in [1.807, 2.05) is 19.1 Å². The lowest BCUT2D eigenvalue weighted by Gasteiger charge is -2.35. The highest BCUT2D eigenvalue weighted by molar-refractivity contribution is 7.10. The molecule has 0 aliphatic heterocycles. The highest BCUT2D eigenvalue weighted by atomic mass is 32.1. The maximum absolute atomic E-state index is 13.1. The number of halogens is 1. The third-order valence-electron chi connectivity index (χ3n) is 3.71. The van der Waals surface area contributed by atoms with Crippen LogP contribution < -0.4 is 5.73 Å². The normalized spacial score (nSPS) is 16.1. The molecule has 2 aromatic rings. The van der Waals surface area contributed by atoms with Gasteiger partial charge in [-0.25, -0.2) is 4.39 Å². The summed E-state index contributed by atoms with van der Waals surface area (Å²) < 4.78 is 13.1. The first-order valence-electron chi connectivity index (χ1n) is 6.77. The summed E-state index contributed by atoms with van der Waals surface area (Å²) in [5, 5.41) is 2.08. The van der Waals surface area contributed by atoms with Gasteiger partial charge in [0.1, 0.15) is 5.82 Å². The number of hydrogen-bond acceptors (Lipinski definition) is 3. The highest BCUT2D eigenvalue weighted by Crippen LogP contribution is 2.32. The van der Waals surface area contributed by atoms with Crippen molar-refractivity contribution < 1.29 is 4.39 Å². The zero-order chi connectivity index (χ0) is 14.7. The highest BCUT2D eigenvalue weighted by Gasteiger charge is 2.26. The fourth-order valence-corrected chi connectivity index (χ4v) is 3.37. The molecule has 2 nitrogen and oxygen atoms in total. The van der Waals surface area contributed by atoms with Gasteiger partial charge in [0, 0.05) is 23.0 Å². The number of hydrogen-bond donors (Lipinski definition) is 1. The van der Waals surface area contributed by atoms with Gasteiger partial charge in [-0.2, -0.15) is 0 Å². The molecule has 1 aromatic heterocycles. The molecular formula is C16H21FN2S. The Bertz CT molecular complexity index is 522. The summed E-state index contributed by atoms with van der Waals surface area (Å²) in [4.78, 5) is 3.56. The Morgan fingerprint density at radius 3 is 2.30 bits per heavy atom. The van der Waals surface area contributed by atoms with Gasteiger partial charge in [-0.1, -0.05) is 18.2 Å². The summed E-state index contributed by atoms with van der Waals surface area (Å²) in [5.41, 5.74) is 7.22. The summed E-state index contributed by atoms with van der Waals surface area (Å²) >= 11 is 1.74. The van der Waals surface area contributed by atoms with Gasteiger partial charge in [0.15, 0.2) is 0 Å². The summed E-state index contributed by atoms with van der Waals surface area (Å²) in [6.07, 6.45) is 0. The van der Waals surface area contributed by atoms with Crippen molar-refractivity contribution in [2.45, 2.75) is 32.0 Å². The van der Waals surface area contributed by atoms with Crippen molar-refractivity contribution in [2.24, 2.45) is 5.73 Å². The van der Waals surface area contributed by atoms with Crippen molar-refractivity contribution in [3.8, 4) is 0 Å². The van der Waals surface area contributed by atoms with Crippen LogP contribution in [0, 0.1) is 5.82 Å². The van der Waals surface area contributed by atoms with E-state index in [1.54, 1.807) is 11.3 Å². The Labute approximate surface area is 124 Å². The Hall–Kier alpha value is -1.23. The molecule has 4 heteroatoms. The Morgan fingerprint density at radius 2 is 1.80 bits per heavy atom. The van der Waals surface area contributed by atoms with E-state index in [0.717, 1.165) is 5.56 Å². The standard InChI is InChI=1S/C16H21FN2S/c1-11(18)16(13-6-8-14(17)9-7-13)19(3)12(2)15-5-4-10-20-15/h4-12,16H,18H2,1-3H3. The predicted molar refractivity (Wildman–Crippen MR) is 83.3 cm³/mol. The smallest absolute Gasteiger partial charge is 0.123 e. The zero-order valence-corrected chi connectivity index (χ0v) is 12.9. The number of likely N-dealkylation sites (N-methyl/N-ethyl adjacent to an activating group) is 1. The molecule has 2 rings (SSSR count). The predicted octanol–water partition coefficient (Wildman–Crippen LogP) is 3.97. The molecule has 3 unspecified atom stereocenters. The number of benzene rings is 1. The number of rotatable bonds is 5. The van der Waals surface area contributed by atoms with Crippen molar-refractivity contribution in [1.29, 1.82) is 0 Å². The fourth-order valence-electron chi connectivity index (χ4n) is 2.54. The van der Waals surface area contributed by atoms with Crippen LogP contribution in [0.2, 0.25) is 0 Å². The van der Waals surface area contributed by atoms with E-state index < -0.39 is 0 Å². The lowest BCUT2D eigenvalue weighted by molar-refractivity contribution is 0.168. The van der Waals surface area contributed by atoms with Gasteiger partial charge in [-0.05, 0) is 50.0 Å². The van der Waals surface area contributed by atoms with Gasteiger partial charge < -0.3 is 5.73 Å². The van der Waals surface area contributed by atoms with Crippen LogP contribution >= 0.6 is 11.3 Å². The van der Waals surface area contributed by atoms with E-state index in [2.05, 4.69) is 36.4 Å². The Balaban J connectivity index is 2.26. The molecule has 2 N–H and O–H groups in total. The van der Waals surface area contributed by atoms with E-state index in [9.17, 15) is 4.39 Å². The van der Waals surface area contributed by atoms with Crippen LogP contribution in [0.3, 0.4) is 0 Å². The maximum Gasteiger partial charge on any atom is 0.123 e. The molecule has 20 heavy (non-hydrogen) atoms. The molecule has 0 saturated carbocycles. The van der Waals surface area contributed by atoms with Gasteiger partial charge in [-0.15, -0.1) is 11.3 Å². The molecule has 0 fully saturated rings. The molecule has 1 aromatic carbocycles. The average Bonchev–Trinajstić information content (AvgIpc) is 2.94.